The van der Waals surface area contributed by atoms with Crippen LogP contribution in [0.5, 0.6) is 17.2 Å². The summed E-state index contributed by atoms with van der Waals surface area (Å²) in [5.74, 6) is 0.896. The number of rotatable bonds is 7. The molecule has 5 heteroatoms. The Morgan fingerprint density at radius 2 is 1.80 bits per heavy atom. The zero-order valence-electron chi connectivity index (χ0n) is 14.8. The van der Waals surface area contributed by atoms with Gasteiger partial charge < -0.3 is 19.3 Å². The molecule has 0 aromatic heterocycles. The first-order valence-corrected chi connectivity index (χ1v) is 7.91. The summed E-state index contributed by atoms with van der Waals surface area (Å²) >= 11 is 0. The zero-order valence-corrected chi connectivity index (χ0v) is 14.8. The van der Waals surface area contributed by atoms with Crippen molar-refractivity contribution in [3.8, 4) is 17.2 Å². The number of benzene rings is 2. The summed E-state index contributed by atoms with van der Waals surface area (Å²) in [7, 11) is 3.10. The van der Waals surface area contributed by atoms with E-state index in [2.05, 4.69) is 0 Å². The summed E-state index contributed by atoms with van der Waals surface area (Å²) in [6.45, 7) is 4.32. The highest BCUT2D eigenvalue weighted by molar-refractivity contribution is 6.21. The summed E-state index contributed by atoms with van der Waals surface area (Å²) < 4.78 is 16.0. The lowest BCUT2D eigenvalue weighted by Crippen LogP contribution is -2.03. The molecule has 0 spiro atoms. The van der Waals surface area contributed by atoms with Gasteiger partial charge in [0, 0.05) is 5.56 Å². The van der Waals surface area contributed by atoms with Gasteiger partial charge in [-0.25, -0.2) is 4.79 Å². The van der Waals surface area contributed by atoms with E-state index in [-0.39, 0.29) is 5.57 Å². The first-order chi connectivity index (χ1) is 12.0. The third-order valence-electron chi connectivity index (χ3n) is 3.77. The Labute approximate surface area is 147 Å². The first-order valence-electron chi connectivity index (χ1n) is 7.91. The number of carboxylic acids is 1. The Morgan fingerprint density at radius 3 is 2.36 bits per heavy atom. The van der Waals surface area contributed by atoms with E-state index in [1.165, 1.54) is 0 Å². The summed E-state index contributed by atoms with van der Waals surface area (Å²) in [5.41, 5.74) is 2.25. The smallest absolute Gasteiger partial charge is 0.336 e. The molecule has 132 valence electrons. The van der Waals surface area contributed by atoms with Gasteiger partial charge in [0.2, 0.25) is 0 Å². The van der Waals surface area contributed by atoms with Crippen LogP contribution in [-0.2, 0) is 4.79 Å². The van der Waals surface area contributed by atoms with E-state index in [1.54, 1.807) is 50.6 Å². The number of aryl methyl sites for hydroxylation is 1. The van der Waals surface area contributed by atoms with Gasteiger partial charge in [-0.2, -0.15) is 0 Å². The molecule has 0 aliphatic rings. The highest BCUT2D eigenvalue weighted by Crippen LogP contribution is 2.30. The molecule has 1 N–H and O–H groups in total. The summed E-state index contributed by atoms with van der Waals surface area (Å²) in [6.07, 6.45) is 1.59. The normalized spacial score (nSPS) is 11.1. The molecule has 0 bridgehead atoms. The van der Waals surface area contributed by atoms with Crippen molar-refractivity contribution in [2.45, 2.75) is 13.8 Å². The zero-order chi connectivity index (χ0) is 18.4. The van der Waals surface area contributed by atoms with E-state index < -0.39 is 5.97 Å². The second kappa shape index (κ2) is 8.24. The molecule has 0 amide bonds. The minimum atomic E-state index is -1.02. The molecule has 5 nitrogen and oxygen atoms in total. The van der Waals surface area contributed by atoms with Crippen LogP contribution in [0.1, 0.15) is 23.6 Å². The second-order valence-electron chi connectivity index (χ2n) is 5.38. The van der Waals surface area contributed by atoms with Crippen LogP contribution in [0, 0.1) is 6.92 Å². The van der Waals surface area contributed by atoms with Crippen LogP contribution in [0.2, 0.25) is 0 Å². The molecule has 2 aromatic rings. The Kier molecular flexibility index (Phi) is 6.06. The maximum Gasteiger partial charge on any atom is 0.336 e. The van der Waals surface area contributed by atoms with Crippen molar-refractivity contribution in [2.24, 2.45) is 0 Å². The summed E-state index contributed by atoms with van der Waals surface area (Å²) in [4.78, 5) is 11.8. The van der Waals surface area contributed by atoms with Gasteiger partial charge in [-0.3, -0.25) is 0 Å². The predicted molar refractivity (Wildman–Crippen MR) is 97.4 cm³/mol. The molecular formula is C20H22O5. The van der Waals surface area contributed by atoms with E-state index in [0.29, 0.717) is 35.0 Å². The maximum atomic E-state index is 11.8. The third-order valence-corrected chi connectivity index (χ3v) is 3.77. The summed E-state index contributed by atoms with van der Waals surface area (Å²) in [5, 5.41) is 9.70. The lowest BCUT2D eigenvalue weighted by molar-refractivity contribution is -0.130. The molecule has 0 saturated carbocycles. The van der Waals surface area contributed by atoms with Crippen molar-refractivity contribution >= 4 is 17.6 Å². The Hall–Kier alpha value is -2.95. The third kappa shape index (κ3) is 4.32. The van der Waals surface area contributed by atoms with Gasteiger partial charge in [0.25, 0.3) is 0 Å². The fraction of sp³-hybridized carbons (Fsp3) is 0.250. The van der Waals surface area contributed by atoms with E-state index in [4.69, 9.17) is 14.2 Å². The molecule has 0 aliphatic heterocycles. The van der Waals surface area contributed by atoms with Crippen molar-refractivity contribution in [3.63, 3.8) is 0 Å². The standard InChI is InChI=1S/C20H22O5/c1-5-25-16-6-8-17(13(2)10-16)18(20(21)22)12-14-11-15(23-3)7-9-19(14)24-4/h6-12H,5H2,1-4H3,(H,21,22)/b18-12-. The number of carbonyl (C=O) groups is 1. The largest absolute Gasteiger partial charge is 0.497 e. The number of aliphatic carboxylic acids is 1. The molecule has 0 unspecified atom stereocenters. The van der Waals surface area contributed by atoms with Crippen LogP contribution in [0.4, 0.5) is 0 Å². The van der Waals surface area contributed by atoms with Crippen LogP contribution in [0.25, 0.3) is 11.6 Å². The SMILES string of the molecule is CCOc1ccc(/C(=C/c2cc(OC)ccc2OC)C(=O)O)c(C)c1. The van der Waals surface area contributed by atoms with Crippen LogP contribution >= 0.6 is 0 Å². The average Bonchev–Trinajstić information content (AvgIpc) is 2.60. The van der Waals surface area contributed by atoms with Crippen molar-refractivity contribution in [2.75, 3.05) is 20.8 Å². The van der Waals surface area contributed by atoms with Crippen LogP contribution < -0.4 is 14.2 Å². The molecule has 0 fully saturated rings. The lowest BCUT2D eigenvalue weighted by Gasteiger charge is -2.12. The van der Waals surface area contributed by atoms with Gasteiger partial charge in [0.05, 0.1) is 26.4 Å². The van der Waals surface area contributed by atoms with Gasteiger partial charge in [-0.1, -0.05) is 6.07 Å². The summed E-state index contributed by atoms with van der Waals surface area (Å²) in [6, 6.07) is 10.6. The topological polar surface area (TPSA) is 65.0 Å². The number of methoxy groups -OCH3 is 2. The molecular weight excluding hydrogens is 320 g/mol. The van der Waals surface area contributed by atoms with Gasteiger partial charge in [-0.05, 0) is 61.4 Å². The number of hydrogen-bond donors (Lipinski definition) is 1. The monoisotopic (exact) mass is 342 g/mol. The van der Waals surface area contributed by atoms with Gasteiger partial charge >= 0.3 is 5.97 Å². The first kappa shape index (κ1) is 18.4. The maximum absolute atomic E-state index is 11.8. The highest BCUT2D eigenvalue weighted by atomic mass is 16.5. The Bertz CT molecular complexity index is 793. The van der Waals surface area contributed by atoms with E-state index in [9.17, 15) is 9.90 Å². The van der Waals surface area contributed by atoms with Crippen molar-refractivity contribution in [1.82, 2.24) is 0 Å². The van der Waals surface area contributed by atoms with Gasteiger partial charge in [-0.15, -0.1) is 0 Å². The fourth-order valence-electron chi connectivity index (χ4n) is 2.56. The molecule has 0 atom stereocenters. The Balaban J connectivity index is 2.55. The predicted octanol–water partition coefficient (Wildman–Crippen LogP) is 4.04. The molecule has 2 rings (SSSR count). The van der Waals surface area contributed by atoms with Crippen LogP contribution in [0.3, 0.4) is 0 Å². The number of carboxylic acid groups (broad SMARTS) is 1. The number of ether oxygens (including phenoxy) is 3. The molecule has 2 aromatic carbocycles. The van der Waals surface area contributed by atoms with E-state index >= 15 is 0 Å². The van der Waals surface area contributed by atoms with E-state index in [0.717, 1.165) is 5.56 Å². The average molecular weight is 342 g/mol. The second-order valence-corrected chi connectivity index (χ2v) is 5.38. The van der Waals surface area contributed by atoms with Crippen LogP contribution in [0.15, 0.2) is 36.4 Å². The van der Waals surface area contributed by atoms with Crippen molar-refractivity contribution in [3.05, 3.63) is 53.1 Å². The van der Waals surface area contributed by atoms with Gasteiger partial charge in [0.15, 0.2) is 0 Å². The Morgan fingerprint density at radius 1 is 1.08 bits per heavy atom. The van der Waals surface area contributed by atoms with Crippen LogP contribution in [-0.4, -0.2) is 31.9 Å². The minimum Gasteiger partial charge on any atom is -0.497 e. The molecule has 0 heterocycles. The molecule has 0 aliphatic carbocycles. The number of hydrogen-bond acceptors (Lipinski definition) is 4. The highest BCUT2D eigenvalue weighted by Gasteiger charge is 2.15. The fourth-order valence-corrected chi connectivity index (χ4v) is 2.56. The molecule has 25 heavy (non-hydrogen) atoms. The molecule has 0 saturated heterocycles. The molecule has 0 radical (unpaired) electrons. The van der Waals surface area contributed by atoms with E-state index in [1.807, 2.05) is 19.9 Å². The lowest BCUT2D eigenvalue weighted by atomic mass is 9.98. The van der Waals surface area contributed by atoms with Crippen molar-refractivity contribution < 1.29 is 24.1 Å². The minimum absolute atomic E-state index is 0.173. The van der Waals surface area contributed by atoms with Crippen molar-refractivity contribution in [1.29, 1.82) is 0 Å². The van der Waals surface area contributed by atoms with Gasteiger partial charge in [0.1, 0.15) is 17.2 Å². The quantitative estimate of drug-likeness (QED) is 0.608.